The highest BCUT2D eigenvalue weighted by Gasteiger charge is 2.29. The maximum absolute atomic E-state index is 12.8. The second-order valence-corrected chi connectivity index (χ2v) is 7.58. The Morgan fingerprint density at radius 3 is 2.86 bits per heavy atom. The monoisotopic (exact) mass is 384 g/mol. The van der Waals surface area contributed by atoms with E-state index in [2.05, 4.69) is 26.2 Å². The fraction of sp³-hybridized carbons (Fsp3) is 0.600. The molecule has 2 amide bonds. The molecule has 0 aromatic carbocycles. The molecule has 8 nitrogen and oxygen atoms in total. The lowest BCUT2D eigenvalue weighted by atomic mass is 10.2. The van der Waals surface area contributed by atoms with Crippen molar-refractivity contribution in [3.05, 3.63) is 23.9 Å². The molecule has 1 aliphatic heterocycles. The highest BCUT2D eigenvalue weighted by molar-refractivity contribution is 5.87. The van der Waals surface area contributed by atoms with Gasteiger partial charge in [-0.3, -0.25) is 14.5 Å². The van der Waals surface area contributed by atoms with Crippen molar-refractivity contribution in [2.24, 2.45) is 0 Å². The fourth-order valence-corrected chi connectivity index (χ4v) is 3.54. The first-order valence-corrected chi connectivity index (χ1v) is 9.88. The van der Waals surface area contributed by atoms with E-state index in [4.69, 9.17) is 0 Å². The van der Waals surface area contributed by atoms with E-state index in [1.54, 1.807) is 25.4 Å². The van der Waals surface area contributed by atoms with E-state index in [9.17, 15) is 14.9 Å². The Labute approximate surface area is 166 Å². The molecule has 1 unspecified atom stereocenters. The summed E-state index contributed by atoms with van der Waals surface area (Å²) in [6, 6.07) is 5.75. The molecule has 3 rings (SSSR count). The van der Waals surface area contributed by atoms with Crippen LogP contribution in [0.4, 0.5) is 5.82 Å². The molecule has 1 saturated carbocycles. The maximum Gasteiger partial charge on any atom is 0.239 e. The van der Waals surface area contributed by atoms with Crippen LogP contribution in [-0.2, 0) is 9.59 Å². The van der Waals surface area contributed by atoms with Gasteiger partial charge in [0.15, 0.2) is 0 Å². The Morgan fingerprint density at radius 2 is 2.14 bits per heavy atom. The van der Waals surface area contributed by atoms with Crippen LogP contribution < -0.4 is 10.2 Å². The molecule has 1 N–H and O–H groups in total. The summed E-state index contributed by atoms with van der Waals surface area (Å²) in [5, 5.41) is 12.2. The summed E-state index contributed by atoms with van der Waals surface area (Å²) in [5.41, 5.74) is 0.571. The Bertz CT molecular complexity index is 757. The number of nitrogens with one attached hydrogen (secondary N) is 1. The molecule has 28 heavy (non-hydrogen) atoms. The number of anilines is 1. The lowest BCUT2D eigenvalue weighted by Gasteiger charge is -2.30. The number of hydrogen-bond donors (Lipinski definition) is 1. The quantitative estimate of drug-likeness (QED) is 0.772. The molecule has 150 valence electrons. The van der Waals surface area contributed by atoms with Crippen LogP contribution in [0.1, 0.15) is 31.7 Å². The van der Waals surface area contributed by atoms with Crippen molar-refractivity contribution in [1.29, 1.82) is 5.26 Å². The van der Waals surface area contributed by atoms with Gasteiger partial charge in [0.25, 0.3) is 0 Å². The minimum atomic E-state index is -0.294. The molecule has 0 radical (unpaired) electrons. The van der Waals surface area contributed by atoms with Gasteiger partial charge in [-0.2, -0.15) is 5.26 Å². The summed E-state index contributed by atoms with van der Waals surface area (Å²) in [5.74, 6) is 0.571. The number of nitriles is 1. The van der Waals surface area contributed by atoms with Crippen LogP contribution in [0.5, 0.6) is 0 Å². The lowest BCUT2D eigenvalue weighted by molar-refractivity contribution is -0.138. The van der Waals surface area contributed by atoms with Gasteiger partial charge in [-0.15, -0.1) is 0 Å². The summed E-state index contributed by atoms with van der Waals surface area (Å²) in [6.07, 6.45) is 4.65. The average Bonchev–Trinajstić information content (AvgIpc) is 3.53. The van der Waals surface area contributed by atoms with Gasteiger partial charge in [0, 0.05) is 45.5 Å². The van der Waals surface area contributed by atoms with E-state index >= 15 is 0 Å². The number of carbonyl (C=O) groups is 2. The summed E-state index contributed by atoms with van der Waals surface area (Å²) in [6.45, 7) is 4.99. The van der Waals surface area contributed by atoms with Gasteiger partial charge in [-0.05, 0) is 38.3 Å². The number of rotatable bonds is 6. The third kappa shape index (κ3) is 4.98. The van der Waals surface area contributed by atoms with Crippen LogP contribution in [0.3, 0.4) is 0 Å². The zero-order valence-corrected chi connectivity index (χ0v) is 16.6. The van der Waals surface area contributed by atoms with E-state index in [0.717, 1.165) is 32.4 Å². The molecule has 2 fully saturated rings. The first kappa shape index (κ1) is 20.1. The zero-order chi connectivity index (χ0) is 20.1. The van der Waals surface area contributed by atoms with E-state index in [1.807, 2.05) is 6.92 Å². The SMILES string of the molecule is CC(C(=O)N(C)CC(=O)NC1CC1)N1CCCN(c2ncccc2C#N)CC1. The van der Waals surface area contributed by atoms with Crippen molar-refractivity contribution in [3.63, 3.8) is 0 Å². The van der Waals surface area contributed by atoms with Crippen LogP contribution in [0.15, 0.2) is 18.3 Å². The van der Waals surface area contributed by atoms with Crippen molar-refractivity contribution >= 4 is 17.6 Å². The predicted molar refractivity (Wildman–Crippen MR) is 106 cm³/mol. The molecule has 2 heterocycles. The lowest BCUT2D eigenvalue weighted by Crippen LogP contribution is -2.49. The minimum absolute atomic E-state index is 0.0463. The zero-order valence-electron chi connectivity index (χ0n) is 16.6. The van der Waals surface area contributed by atoms with Crippen molar-refractivity contribution in [3.8, 4) is 6.07 Å². The summed E-state index contributed by atoms with van der Waals surface area (Å²) >= 11 is 0. The van der Waals surface area contributed by atoms with Crippen LogP contribution >= 0.6 is 0 Å². The number of amides is 2. The number of nitrogens with zero attached hydrogens (tertiary/aromatic N) is 5. The second-order valence-electron chi connectivity index (χ2n) is 7.58. The van der Waals surface area contributed by atoms with E-state index in [1.165, 1.54) is 4.90 Å². The van der Waals surface area contributed by atoms with E-state index in [-0.39, 0.29) is 24.4 Å². The Balaban J connectivity index is 1.55. The molecular weight excluding hydrogens is 356 g/mol. The minimum Gasteiger partial charge on any atom is -0.354 e. The summed E-state index contributed by atoms with van der Waals surface area (Å²) < 4.78 is 0. The molecule has 8 heteroatoms. The maximum atomic E-state index is 12.8. The number of aromatic nitrogens is 1. The molecule has 1 aliphatic carbocycles. The number of pyridine rings is 1. The smallest absolute Gasteiger partial charge is 0.239 e. The number of likely N-dealkylation sites (N-methyl/N-ethyl adjacent to an activating group) is 1. The first-order valence-electron chi connectivity index (χ1n) is 9.88. The van der Waals surface area contributed by atoms with Gasteiger partial charge >= 0.3 is 0 Å². The Kier molecular flexibility index (Phi) is 6.47. The van der Waals surface area contributed by atoms with Gasteiger partial charge in [0.05, 0.1) is 18.2 Å². The molecule has 0 bridgehead atoms. The standard InChI is InChI=1S/C20H28N6O2/c1-15(20(28)24(2)14-18(27)23-17-6-7-17)25-9-4-10-26(12-11-25)19-16(13-21)5-3-8-22-19/h3,5,8,15,17H,4,6-7,9-12,14H2,1-2H3,(H,23,27). The third-order valence-corrected chi connectivity index (χ3v) is 5.34. The normalized spacial score (nSPS) is 18.7. The number of carbonyl (C=O) groups excluding carboxylic acids is 2. The van der Waals surface area contributed by atoms with E-state index in [0.29, 0.717) is 30.5 Å². The van der Waals surface area contributed by atoms with Gasteiger partial charge < -0.3 is 15.1 Å². The van der Waals surface area contributed by atoms with Crippen LogP contribution in [0.25, 0.3) is 0 Å². The average molecular weight is 384 g/mol. The van der Waals surface area contributed by atoms with Crippen LogP contribution in [0, 0.1) is 11.3 Å². The summed E-state index contributed by atoms with van der Waals surface area (Å²) in [7, 11) is 1.68. The third-order valence-electron chi connectivity index (χ3n) is 5.34. The van der Waals surface area contributed by atoms with Crippen molar-refractivity contribution in [1.82, 2.24) is 20.1 Å². The molecule has 1 saturated heterocycles. The number of hydrogen-bond acceptors (Lipinski definition) is 6. The van der Waals surface area contributed by atoms with Crippen molar-refractivity contribution in [2.75, 3.05) is 44.7 Å². The molecular formula is C20H28N6O2. The first-order chi connectivity index (χ1) is 13.5. The van der Waals surface area contributed by atoms with E-state index < -0.39 is 0 Å². The Hall–Kier alpha value is -2.66. The van der Waals surface area contributed by atoms with Gasteiger partial charge in [0.1, 0.15) is 11.9 Å². The van der Waals surface area contributed by atoms with Crippen molar-refractivity contribution < 1.29 is 9.59 Å². The molecule has 1 aromatic rings. The topological polar surface area (TPSA) is 92.6 Å². The summed E-state index contributed by atoms with van der Waals surface area (Å²) in [4.78, 5) is 34.9. The van der Waals surface area contributed by atoms with Gasteiger partial charge in [0.2, 0.25) is 11.8 Å². The molecule has 2 aliphatic rings. The fourth-order valence-electron chi connectivity index (χ4n) is 3.54. The highest BCUT2D eigenvalue weighted by atomic mass is 16.2. The van der Waals surface area contributed by atoms with Gasteiger partial charge in [-0.1, -0.05) is 0 Å². The predicted octanol–water partition coefficient (Wildman–Crippen LogP) is 0.591. The molecule has 1 aromatic heterocycles. The largest absolute Gasteiger partial charge is 0.354 e. The van der Waals surface area contributed by atoms with Crippen molar-refractivity contribution in [2.45, 2.75) is 38.3 Å². The molecule has 1 atom stereocenters. The van der Waals surface area contributed by atoms with Crippen LogP contribution in [0.2, 0.25) is 0 Å². The molecule has 0 spiro atoms. The Morgan fingerprint density at radius 1 is 1.36 bits per heavy atom. The van der Waals surface area contributed by atoms with Gasteiger partial charge in [-0.25, -0.2) is 4.98 Å². The van der Waals surface area contributed by atoms with Crippen LogP contribution in [-0.4, -0.2) is 78.5 Å². The second kappa shape index (κ2) is 9.02. The highest BCUT2D eigenvalue weighted by Crippen LogP contribution is 2.20.